The van der Waals surface area contributed by atoms with E-state index in [2.05, 4.69) is 30.7 Å². The molecule has 0 spiro atoms. The predicted octanol–water partition coefficient (Wildman–Crippen LogP) is 5.72. The number of ether oxygens (including phenoxy) is 2. The number of pyridine rings is 1. The topological polar surface area (TPSA) is 136 Å². The van der Waals surface area contributed by atoms with Gasteiger partial charge in [0.1, 0.15) is 12.0 Å². The van der Waals surface area contributed by atoms with Gasteiger partial charge in [0.25, 0.3) is 5.91 Å². The Kier molecular flexibility index (Phi) is 8.11. The number of anilines is 2. The highest BCUT2D eigenvalue weighted by Crippen LogP contribution is 2.33. The summed E-state index contributed by atoms with van der Waals surface area (Å²) in [5, 5.41) is 8.18. The largest absolute Gasteiger partial charge is 0.453 e. The maximum Gasteiger partial charge on any atom is 0.411 e. The van der Waals surface area contributed by atoms with Crippen molar-refractivity contribution in [2.24, 2.45) is 0 Å². The standard InChI is InChI=1S/C28H24ClFN6O5/c1-40-27(38)33-17-7-8-18-16-9-10-31-22(12-16)20(5-3-11-41-28(39)35-21(18)13-17)34-26(37)23-14-36(15-32-23)24-6-2-4-19(29)25(24)30/h2,4,6-10,12-15,20H,3,5,11H2,1H3,(H,33,38)(H,34,37)(H,35,39)/t20-/m0/s1. The molecule has 0 saturated heterocycles. The van der Waals surface area contributed by atoms with Crippen molar-refractivity contribution in [1.82, 2.24) is 19.9 Å². The monoisotopic (exact) mass is 578 g/mol. The quantitative estimate of drug-likeness (QED) is 0.282. The second-order valence-electron chi connectivity index (χ2n) is 9.01. The Hall–Kier alpha value is -4.97. The molecule has 11 nitrogen and oxygen atoms in total. The first kappa shape index (κ1) is 27.6. The highest BCUT2D eigenvalue weighted by atomic mass is 35.5. The van der Waals surface area contributed by atoms with Crippen LogP contribution >= 0.6 is 11.6 Å². The number of fused-ring (bicyclic) bond motifs is 4. The summed E-state index contributed by atoms with van der Waals surface area (Å²) in [5.41, 5.74) is 2.93. The number of hydrogen-bond acceptors (Lipinski definition) is 7. The molecule has 3 heterocycles. The molecule has 0 fully saturated rings. The molecule has 3 amide bonds. The number of nitrogens with one attached hydrogen (secondary N) is 3. The van der Waals surface area contributed by atoms with Gasteiger partial charge in [0, 0.05) is 23.6 Å². The lowest BCUT2D eigenvalue weighted by atomic mass is 9.99. The Morgan fingerprint density at radius 2 is 2.05 bits per heavy atom. The van der Waals surface area contributed by atoms with Crippen molar-refractivity contribution in [2.75, 3.05) is 24.4 Å². The van der Waals surface area contributed by atoms with Gasteiger partial charge in [-0.1, -0.05) is 23.7 Å². The third kappa shape index (κ3) is 6.28. The van der Waals surface area contributed by atoms with Crippen molar-refractivity contribution >= 4 is 41.1 Å². The number of hydrogen-bond donors (Lipinski definition) is 3. The molecule has 1 aliphatic rings. The minimum atomic E-state index is -0.671. The summed E-state index contributed by atoms with van der Waals surface area (Å²) in [6.45, 7) is 0.0794. The van der Waals surface area contributed by atoms with E-state index in [4.69, 9.17) is 16.3 Å². The molecule has 0 saturated carbocycles. The Labute approximate surface area is 238 Å². The summed E-state index contributed by atoms with van der Waals surface area (Å²) >= 11 is 5.89. The van der Waals surface area contributed by atoms with Crippen LogP contribution in [0, 0.1) is 5.82 Å². The number of cyclic esters (lactones) is 1. The first-order valence-corrected chi connectivity index (χ1v) is 12.9. The molecule has 4 aromatic rings. The van der Waals surface area contributed by atoms with E-state index >= 15 is 0 Å². The maximum absolute atomic E-state index is 14.5. The summed E-state index contributed by atoms with van der Waals surface area (Å²) in [4.78, 5) is 46.0. The lowest BCUT2D eigenvalue weighted by molar-refractivity contribution is 0.0925. The van der Waals surface area contributed by atoms with E-state index in [1.165, 1.54) is 36.3 Å². The number of methoxy groups -OCH3 is 1. The van der Waals surface area contributed by atoms with E-state index in [1.54, 1.807) is 36.5 Å². The van der Waals surface area contributed by atoms with Crippen LogP contribution in [0.25, 0.3) is 16.8 Å². The van der Waals surface area contributed by atoms with Crippen molar-refractivity contribution in [3.63, 3.8) is 0 Å². The number of amides is 3. The van der Waals surface area contributed by atoms with Crippen LogP contribution < -0.4 is 16.0 Å². The smallest absolute Gasteiger partial charge is 0.411 e. The minimum Gasteiger partial charge on any atom is -0.453 e. The fourth-order valence-corrected chi connectivity index (χ4v) is 4.51. The number of carbonyl (C=O) groups is 3. The molecule has 2 bridgehead atoms. The Morgan fingerprint density at radius 3 is 2.88 bits per heavy atom. The van der Waals surface area contributed by atoms with Gasteiger partial charge < -0.3 is 19.4 Å². The summed E-state index contributed by atoms with van der Waals surface area (Å²) in [6, 6.07) is 12.5. The van der Waals surface area contributed by atoms with Crippen LogP contribution in [0.2, 0.25) is 5.02 Å². The van der Waals surface area contributed by atoms with E-state index in [9.17, 15) is 18.8 Å². The van der Waals surface area contributed by atoms with Crippen LogP contribution in [0.3, 0.4) is 0 Å². The molecular formula is C28H24ClFN6O5. The number of aromatic nitrogens is 3. The van der Waals surface area contributed by atoms with Gasteiger partial charge in [0.05, 0.1) is 41.8 Å². The zero-order valence-electron chi connectivity index (χ0n) is 21.7. The zero-order chi connectivity index (χ0) is 28.9. The van der Waals surface area contributed by atoms with E-state index in [-0.39, 0.29) is 23.0 Å². The van der Waals surface area contributed by atoms with Crippen LogP contribution in [0.5, 0.6) is 0 Å². The second kappa shape index (κ2) is 12.0. The van der Waals surface area contributed by atoms with E-state index in [0.29, 0.717) is 41.0 Å². The van der Waals surface area contributed by atoms with E-state index in [1.807, 2.05) is 6.07 Å². The first-order chi connectivity index (χ1) is 19.8. The predicted molar refractivity (Wildman–Crippen MR) is 149 cm³/mol. The summed E-state index contributed by atoms with van der Waals surface area (Å²) < 4.78 is 25.8. The zero-order valence-corrected chi connectivity index (χ0v) is 22.4. The molecule has 0 radical (unpaired) electrons. The molecule has 0 unspecified atom stereocenters. The highest BCUT2D eigenvalue weighted by molar-refractivity contribution is 6.30. The van der Waals surface area contributed by atoms with Crippen molar-refractivity contribution in [1.29, 1.82) is 0 Å². The molecule has 3 N–H and O–H groups in total. The fourth-order valence-electron chi connectivity index (χ4n) is 4.34. The molecule has 2 aromatic heterocycles. The van der Waals surface area contributed by atoms with E-state index < -0.39 is 30.0 Å². The molecule has 41 heavy (non-hydrogen) atoms. The minimum absolute atomic E-state index is 0.0465. The van der Waals surface area contributed by atoms with Crippen LogP contribution in [-0.2, 0) is 9.47 Å². The third-order valence-corrected chi connectivity index (χ3v) is 6.63. The summed E-state index contributed by atoms with van der Waals surface area (Å²) in [6.07, 6.45) is 3.85. The van der Waals surface area contributed by atoms with Crippen LogP contribution in [-0.4, -0.2) is 46.3 Å². The van der Waals surface area contributed by atoms with Gasteiger partial charge >= 0.3 is 12.2 Å². The molecule has 210 valence electrons. The second-order valence-corrected chi connectivity index (χ2v) is 9.42. The number of nitrogens with zero attached hydrogens (tertiary/aromatic N) is 3. The summed E-state index contributed by atoms with van der Waals surface area (Å²) in [5.74, 6) is -1.12. The highest BCUT2D eigenvalue weighted by Gasteiger charge is 2.22. The lowest BCUT2D eigenvalue weighted by Crippen LogP contribution is -2.30. The van der Waals surface area contributed by atoms with Crippen molar-refractivity contribution in [3.05, 3.63) is 89.5 Å². The molecule has 5 rings (SSSR count). The third-order valence-electron chi connectivity index (χ3n) is 6.34. The van der Waals surface area contributed by atoms with Crippen molar-refractivity contribution in [3.8, 4) is 16.8 Å². The normalized spacial score (nSPS) is 14.8. The molecule has 1 atom stereocenters. The van der Waals surface area contributed by atoms with Crippen LogP contribution in [0.1, 0.15) is 35.1 Å². The van der Waals surface area contributed by atoms with Crippen LogP contribution in [0.15, 0.2) is 67.3 Å². The SMILES string of the molecule is COC(=O)Nc1ccc2c(c1)NC(=O)OCCC[C@H](NC(=O)c1cn(-c3cccc(Cl)c3F)cn1)c1cc-2ccn1. The van der Waals surface area contributed by atoms with Crippen molar-refractivity contribution < 1.29 is 28.2 Å². The average molecular weight is 579 g/mol. The first-order valence-electron chi connectivity index (χ1n) is 12.5. The number of rotatable bonds is 4. The van der Waals surface area contributed by atoms with E-state index in [0.717, 1.165) is 0 Å². The Bertz CT molecular complexity index is 1630. The molecular weight excluding hydrogens is 555 g/mol. The van der Waals surface area contributed by atoms with Crippen molar-refractivity contribution in [2.45, 2.75) is 18.9 Å². The van der Waals surface area contributed by atoms with Gasteiger partial charge in [-0.05, 0) is 54.8 Å². The maximum atomic E-state index is 14.5. The average Bonchev–Trinajstić information content (AvgIpc) is 3.46. The van der Waals surface area contributed by atoms with Gasteiger partial charge in [0.15, 0.2) is 5.82 Å². The number of imidazole rings is 1. The molecule has 0 aliphatic carbocycles. The van der Waals surface area contributed by atoms with Gasteiger partial charge in [-0.25, -0.2) is 19.0 Å². The van der Waals surface area contributed by atoms with Crippen LogP contribution in [0.4, 0.5) is 25.4 Å². The Morgan fingerprint density at radius 1 is 1.20 bits per heavy atom. The molecule has 13 heteroatoms. The molecule has 1 aliphatic heterocycles. The summed E-state index contributed by atoms with van der Waals surface area (Å²) in [7, 11) is 1.25. The van der Waals surface area contributed by atoms with Gasteiger partial charge in [-0.2, -0.15) is 0 Å². The number of carbonyl (C=O) groups excluding carboxylic acids is 3. The lowest BCUT2D eigenvalue weighted by Gasteiger charge is -2.21. The Balaban J connectivity index is 1.43. The molecule has 2 aromatic carbocycles. The van der Waals surface area contributed by atoms with Gasteiger partial charge in [-0.15, -0.1) is 0 Å². The number of halogens is 2. The van der Waals surface area contributed by atoms with Gasteiger partial charge in [-0.3, -0.25) is 20.4 Å². The fraction of sp³-hybridized carbons (Fsp3) is 0.179. The van der Waals surface area contributed by atoms with Gasteiger partial charge in [0.2, 0.25) is 0 Å². The number of benzene rings is 2.